The molecule has 10 heteroatoms. The van der Waals surface area contributed by atoms with Crippen molar-refractivity contribution < 1.29 is 37.6 Å². The Labute approximate surface area is 286 Å². The lowest BCUT2D eigenvalue weighted by molar-refractivity contribution is -0.161. The number of carbonyl (C=O) groups excluding carboxylic acids is 2. The fraction of sp³-hybridized carbons (Fsp3) is 0.784. The fourth-order valence-corrected chi connectivity index (χ4v) is 5.52. The minimum absolute atomic E-state index is 0.0473. The van der Waals surface area contributed by atoms with Gasteiger partial charge in [-0.25, -0.2) is 4.57 Å². The number of allylic oxidation sites excluding steroid dienone is 6. The van der Waals surface area contributed by atoms with E-state index in [1.165, 1.54) is 70.6 Å². The molecular formula is C37H68NO8P. The van der Waals surface area contributed by atoms with E-state index in [1.807, 2.05) is 0 Å². The number of carbonyl (C=O) groups is 2. The highest BCUT2D eigenvalue weighted by Crippen LogP contribution is 2.43. The van der Waals surface area contributed by atoms with Gasteiger partial charge in [-0.15, -0.1) is 0 Å². The van der Waals surface area contributed by atoms with Gasteiger partial charge >= 0.3 is 19.8 Å². The zero-order valence-electron chi connectivity index (χ0n) is 29.8. The third-order valence-corrected chi connectivity index (χ3v) is 8.51. The number of phosphoric ester groups is 1. The highest BCUT2D eigenvalue weighted by molar-refractivity contribution is 7.47. The molecule has 0 aromatic carbocycles. The van der Waals surface area contributed by atoms with Gasteiger partial charge in [-0.2, -0.15) is 0 Å². The monoisotopic (exact) mass is 685 g/mol. The first-order chi connectivity index (χ1) is 22.8. The van der Waals surface area contributed by atoms with Crippen molar-refractivity contribution >= 4 is 19.8 Å². The van der Waals surface area contributed by atoms with Crippen LogP contribution in [0.1, 0.15) is 155 Å². The van der Waals surface area contributed by atoms with Gasteiger partial charge < -0.3 is 20.1 Å². The summed E-state index contributed by atoms with van der Waals surface area (Å²) in [6, 6.07) is 0. The van der Waals surface area contributed by atoms with Crippen LogP contribution in [0.5, 0.6) is 0 Å². The number of esters is 2. The zero-order chi connectivity index (χ0) is 34.7. The quantitative estimate of drug-likeness (QED) is 0.0294. The Morgan fingerprint density at radius 2 is 1.11 bits per heavy atom. The Balaban J connectivity index is 4.33. The van der Waals surface area contributed by atoms with Gasteiger partial charge in [-0.05, 0) is 51.4 Å². The molecule has 0 saturated heterocycles. The van der Waals surface area contributed by atoms with Crippen LogP contribution in [0.2, 0.25) is 0 Å². The Kier molecular flexibility index (Phi) is 32.8. The molecule has 0 aliphatic heterocycles. The van der Waals surface area contributed by atoms with Crippen LogP contribution in [-0.4, -0.2) is 49.3 Å². The van der Waals surface area contributed by atoms with Crippen molar-refractivity contribution in [3.63, 3.8) is 0 Å². The van der Waals surface area contributed by atoms with Gasteiger partial charge in [0.2, 0.25) is 0 Å². The molecule has 47 heavy (non-hydrogen) atoms. The number of nitrogens with two attached hydrogens (primary N) is 1. The maximum atomic E-state index is 12.5. The second-order valence-electron chi connectivity index (χ2n) is 12.1. The van der Waals surface area contributed by atoms with Crippen LogP contribution in [0.3, 0.4) is 0 Å². The van der Waals surface area contributed by atoms with Crippen molar-refractivity contribution in [3.8, 4) is 0 Å². The van der Waals surface area contributed by atoms with E-state index < -0.39 is 32.5 Å². The Morgan fingerprint density at radius 1 is 0.638 bits per heavy atom. The van der Waals surface area contributed by atoms with Crippen molar-refractivity contribution in [2.24, 2.45) is 5.73 Å². The van der Waals surface area contributed by atoms with Crippen molar-refractivity contribution in [1.29, 1.82) is 0 Å². The van der Waals surface area contributed by atoms with Gasteiger partial charge in [0.05, 0.1) is 13.2 Å². The minimum Gasteiger partial charge on any atom is -0.462 e. The third-order valence-electron chi connectivity index (χ3n) is 7.53. The average Bonchev–Trinajstić information content (AvgIpc) is 3.05. The summed E-state index contributed by atoms with van der Waals surface area (Å²) in [7, 11) is -4.38. The Bertz CT molecular complexity index is 876. The summed E-state index contributed by atoms with van der Waals surface area (Å²) in [5.74, 6) is -0.876. The molecule has 274 valence electrons. The van der Waals surface area contributed by atoms with Crippen LogP contribution in [-0.2, 0) is 32.7 Å². The molecule has 0 saturated carbocycles. The molecule has 0 aromatic heterocycles. The predicted molar refractivity (Wildman–Crippen MR) is 192 cm³/mol. The molecule has 0 rings (SSSR count). The molecule has 1 unspecified atom stereocenters. The molecule has 0 aliphatic rings. The van der Waals surface area contributed by atoms with Crippen LogP contribution in [0.15, 0.2) is 36.5 Å². The summed E-state index contributed by atoms with van der Waals surface area (Å²) < 4.78 is 32.5. The van der Waals surface area contributed by atoms with Crippen LogP contribution >= 0.6 is 7.82 Å². The highest BCUT2D eigenvalue weighted by Gasteiger charge is 2.25. The van der Waals surface area contributed by atoms with Crippen LogP contribution in [0.4, 0.5) is 0 Å². The lowest BCUT2D eigenvalue weighted by Gasteiger charge is -2.19. The van der Waals surface area contributed by atoms with Crippen LogP contribution in [0.25, 0.3) is 0 Å². The van der Waals surface area contributed by atoms with Gasteiger partial charge in [-0.1, -0.05) is 127 Å². The second-order valence-corrected chi connectivity index (χ2v) is 13.5. The van der Waals surface area contributed by atoms with Gasteiger partial charge in [0.25, 0.3) is 0 Å². The lowest BCUT2D eigenvalue weighted by atomic mass is 10.1. The molecule has 0 amide bonds. The van der Waals surface area contributed by atoms with Crippen molar-refractivity contribution in [3.05, 3.63) is 36.5 Å². The molecule has 9 nitrogen and oxygen atoms in total. The minimum atomic E-state index is -4.38. The number of hydrogen-bond acceptors (Lipinski definition) is 8. The van der Waals surface area contributed by atoms with E-state index in [2.05, 4.69) is 50.3 Å². The van der Waals surface area contributed by atoms with Crippen LogP contribution in [0, 0.1) is 0 Å². The van der Waals surface area contributed by atoms with E-state index >= 15 is 0 Å². The third kappa shape index (κ3) is 33.9. The van der Waals surface area contributed by atoms with E-state index in [4.69, 9.17) is 24.3 Å². The fourth-order valence-electron chi connectivity index (χ4n) is 4.76. The standard InChI is InChI=1S/C37H68NO8P/c1-3-5-7-9-11-13-15-16-17-18-20-22-24-26-28-30-37(40)46-35(34-45-47(41,42)44-32-31-38)33-43-36(39)29-27-25-23-21-19-14-12-10-8-6-4-2/h11,13,16-17,20,22,35H,3-10,12,14-15,18-19,21,23-34,38H2,1-2H3,(H,41,42)/b13-11+,17-16+,22-20+/t35-/m1/s1. The van der Waals surface area contributed by atoms with E-state index in [1.54, 1.807) is 0 Å². The highest BCUT2D eigenvalue weighted by atomic mass is 31.2. The predicted octanol–water partition coefficient (Wildman–Crippen LogP) is 9.82. The number of rotatable bonds is 34. The van der Waals surface area contributed by atoms with Gasteiger partial charge in [0.15, 0.2) is 6.10 Å². The molecule has 0 heterocycles. The first-order valence-electron chi connectivity index (χ1n) is 18.5. The lowest BCUT2D eigenvalue weighted by Crippen LogP contribution is -2.29. The molecule has 3 N–H and O–H groups in total. The van der Waals surface area contributed by atoms with E-state index in [0.29, 0.717) is 6.42 Å². The summed E-state index contributed by atoms with van der Waals surface area (Å²) in [5, 5.41) is 0. The summed E-state index contributed by atoms with van der Waals surface area (Å²) in [6.07, 6.45) is 34.6. The molecule has 0 fully saturated rings. The number of phosphoric acid groups is 1. The van der Waals surface area contributed by atoms with Crippen molar-refractivity contribution in [1.82, 2.24) is 0 Å². The molecular weight excluding hydrogens is 617 g/mol. The maximum absolute atomic E-state index is 12.5. The average molecular weight is 686 g/mol. The summed E-state index contributed by atoms with van der Waals surface area (Å²) in [5.41, 5.74) is 5.32. The first-order valence-corrected chi connectivity index (χ1v) is 20.0. The zero-order valence-corrected chi connectivity index (χ0v) is 30.7. The molecule has 0 aliphatic carbocycles. The summed E-state index contributed by atoms with van der Waals surface area (Å²) in [6.45, 7) is 3.63. The normalized spacial score (nSPS) is 13.9. The summed E-state index contributed by atoms with van der Waals surface area (Å²) >= 11 is 0. The van der Waals surface area contributed by atoms with Gasteiger partial charge in [0, 0.05) is 19.4 Å². The van der Waals surface area contributed by atoms with E-state index in [9.17, 15) is 19.0 Å². The molecule has 0 aromatic rings. The topological polar surface area (TPSA) is 134 Å². The molecule has 2 atom stereocenters. The van der Waals surface area contributed by atoms with Gasteiger partial charge in [-0.3, -0.25) is 18.6 Å². The number of ether oxygens (including phenoxy) is 2. The van der Waals surface area contributed by atoms with Crippen LogP contribution < -0.4 is 5.73 Å². The van der Waals surface area contributed by atoms with E-state index in [0.717, 1.165) is 51.4 Å². The second kappa shape index (κ2) is 34.1. The van der Waals surface area contributed by atoms with Crippen molar-refractivity contribution in [2.45, 2.75) is 161 Å². The number of hydrogen-bond donors (Lipinski definition) is 2. The molecule has 0 bridgehead atoms. The Hall–Kier alpha value is -1.77. The largest absolute Gasteiger partial charge is 0.472 e. The van der Waals surface area contributed by atoms with Gasteiger partial charge in [0.1, 0.15) is 6.61 Å². The smallest absolute Gasteiger partial charge is 0.462 e. The SMILES string of the molecule is CCCCC/C=C/C/C=C/C/C=C/CCCCC(=O)O[C@H](COC(=O)CCCCCCCCCCCCC)COP(=O)(O)OCCN. The number of unbranched alkanes of at least 4 members (excludes halogenated alkanes) is 15. The van der Waals surface area contributed by atoms with E-state index in [-0.39, 0.29) is 32.6 Å². The molecule has 0 spiro atoms. The summed E-state index contributed by atoms with van der Waals surface area (Å²) in [4.78, 5) is 34.6. The first kappa shape index (κ1) is 45.2. The van der Waals surface area contributed by atoms with Crippen molar-refractivity contribution in [2.75, 3.05) is 26.4 Å². The maximum Gasteiger partial charge on any atom is 0.472 e. The molecule has 0 radical (unpaired) electrons. The Morgan fingerprint density at radius 3 is 1.68 bits per heavy atom.